The Balaban J connectivity index is 1.33. The van der Waals surface area contributed by atoms with Gasteiger partial charge in [-0.1, -0.05) is 11.6 Å². The number of nitrogens with zero attached hydrogens (tertiary/aromatic N) is 4. The lowest BCUT2D eigenvalue weighted by Gasteiger charge is -2.36. The molecule has 2 aromatic rings. The van der Waals surface area contributed by atoms with Crippen LogP contribution in [0.3, 0.4) is 0 Å². The summed E-state index contributed by atoms with van der Waals surface area (Å²) >= 11 is 6.35. The molecule has 2 N–H and O–H groups in total. The summed E-state index contributed by atoms with van der Waals surface area (Å²) < 4.78 is 40.1. The number of H-pyrrole nitrogens is 1. The number of hydrogen-bond donors (Lipinski definition) is 2. The predicted octanol–water partition coefficient (Wildman–Crippen LogP) is 2.21. The molecule has 1 aromatic carbocycles. The maximum absolute atomic E-state index is 13.4. The van der Waals surface area contributed by atoms with Crippen molar-refractivity contribution in [3.05, 3.63) is 28.4 Å². The van der Waals surface area contributed by atoms with Crippen molar-refractivity contribution in [1.82, 2.24) is 30.2 Å². The van der Waals surface area contributed by atoms with E-state index in [1.165, 1.54) is 11.1 Å². The van der Waals surface area contributed by atoms with E-state index in [0.717, 1.165) is 4.90 Å². The molecule has 0 saturated carbocycles. The third kappa shape index (κ3) is 5.09. The first-order chi connectivity index (χ1) is 17.5. The first-order valence-electron chi connectivity index (χ1n) is 11.9. The van der Waals surface area contributed by atoms with E-state index in [9.17, 15) is 32.3 Å². The van der Waals surface area contributed by atoms with Crippen LogP contribution in [-0.4, -0.2) is 87.0 Å². The number of aromatic nitrogens is 2. The number of alkyl halides is 3. The molecule has 1 aromatic heterocycles. The second kappa shape index (κ2) is 9.51. The highest BCUT2D eigenvalue weighted by Crippen LogP contribution is 2.35. The topological polar surface area (TPSA) is 119 Å². The Kier molecular flexibility index (Phi) is 6.50. The second-order valence-electron chi connectivity index (χ2n) is 9.66. The summed E-state index contributed by atoms with van der Waals surface area (Å²) in [6.07, 6.45) is -2.39. The van der Waals surface area contributed by atoms with Gasteiger partial charge in [-0.25, -0.2) is 4.79 Å². The van der Waals surface area contributed by atoms with Crippen molar-refractivity contribution in [3.63, 3.8) is 0 Å². The Morgan fingerprint density at radius 3 is 2.54 bits per heavy atom. The summed E-state index contributed by atoms with van der Waals surface area (Å²) in [5, 5.41) is 9.79. The number of amides is 5. The molecule has 0 bridgehead atoms. The van der Waals surface area contributed by atoms with Crippen molar-refractivity contribution in [1.29, 1.82) is 0 Å². The maximum atomic E-state index is 13.4. The zero-order valence-corrected chi connectivity index (χ0v) is 20.4. The molecule has 1 atom stereocenters. The summed E-state index contributed by atoms with van der Waals surface area (Å²) in [6, 6.07) is 0.976. The number of aromatic amines is 1. The minimum Gasteiger partial charge on any atom is -0.343 e. The van der Waals surface area contributed by atoms with Crippen molar-refractivity contribution in [2.75, 3.05) is 26.2 Å². The van der Waals surface area contributed by atoms with Crippen LogP contribution < -0.4 is 5.32 Å². The van der Waals surface area contributed by atoms with E-state index in [2.05, 4.69) is 15.5 Å². The molecule has 0 spiro atoms. The average Bonchev–Trinajstić information content (AvgIpc) is 3.43. The average molecular weight is 541 g/mol. The van der Waals surface area contributed by atoms with Crippen molar-refractivity contribution in [2.45, 2.75) is 44.4 Å². The lowest BCUT2D eigenvalue weighted by atomic mass is 9.92. The van der Waals surface area contributed by atoms with Crippen molar-refractivity contribution < 1.29 is 32.3 Å². The molecular formula is C23H24ClF3N6O4. The maximum Gasteiger partial charge on any atom is 0.406 e. The number of nitrogens with one attached hydrogen (secondary N) is 2. The molecule has 0 unspecified atom stereocenters. The molecule has 37 heavy (non-hydrogen) atoms. The van der Waals surface area contributed by atoms with Crippen LogP contribution >= 0.6 is 11.6 Å². The quantitative estimate of drug-likeness (QED) is 0.577. The molecule has 5 amide bonds. The Hall–Kier alpha value is -3.35. The third-order valence-corrected chi connectivity index (χ3v) is 7.54. The van der Waals surface area contributed by atoms with Crippen LogP contribution in [-0.2, 0) is 27.3 Å². The Bertz CT molecular complexity index is 1270. The van der Waals surface area contributed by atoms with Crippen LogP contribution in [0.15, 0.2) is 12.3 Å². The number of carbonyl (C=O) groups is 4. The van der Waals surface area contributed by atoms with Gasteiger partial charge >= 0.3 is 12.2 Å². The fraction of sp³-hybridized carbons (Fsp3) is 0.522. The van der Waals surface area contributed by atoms with Crippen molar-refractivity contribution >= 4 is 46.3 Å². The largest absolute Gasteiger partial charge is 0.406 e. The van der Waals surface area contributed by atoms with E-state index in [0.29, 0.717) is 53.0 Å². The normalized spacial score (nSPS) is 21.5. The molecule has 5 rings (SSSR count). The summed E-state index contributed by atoms with van der Waals surface area (Å²) in [4.78, 5) is 53.6. The lowest BCUT2D eigenvalue weighted by molar-refractivity contribution is -0.165. The molecule has 14 heteroatoms. The molecule has 3 aliphatic rings. The Labute approximate surface area is 214 Å². The molecule has 0 aliphatic carbocycles. The molecule has 10 nitrogen and oxygen atoms in total. The van der Waals surface area contributed by atoms with Gasteiger partial charge < -0.3 is 14.7 Å². The fourth-order valence-electron chi connectivity index (χ4n) is 5.46. The van der Waals surface area contributed by atoms with Crippen molar-refractivity contribution in [3.8, 4) is 0 Å². The number of urea groups is 1. The Morgan fingerprint density at radius 2 is 1.89 bits per heavy atom. The van der Waals surface area contributed by atoms with E-state index in [4.69, 9.17) is 11.6 Å². The number of piperidine rings is 1. The monoisotopic (exact) mass is 540 g/mol. The molecular weight excluding hydrogens is 517 g/mol. The van der Waals surface area contributed by atoms with Gasteiger partial charge in [0.2, 0.25) is 17.7 Å². The van der Waals surface area contributed by atoms with Gasteiger partial charge in [-0.05, 0) is 36.5 Å². The number of halogens is 4. The van der Waals surface area contributed by atoms with Gasteiger partial charge in [0.1, 0.15) is 13.1 Å². The number of likely N-dealkylation sites (tertiary alicyclic amines) is 1. The smallest absolute Gasteiger partial charge is 0.343 e. The third-order valence-electron chi connectivity index (χ3n) is 7.24. The van der Waals surface area contributed by atoms with Gasteiger partial charge in [0.05, 0.1) is 22.7 Å². The summed E-state index contributed by atoms with van der Waals surface area (Å²) in [7, 11) is 0. The predicted molar refractivity (Wildman–Crippen MR) is 124 cm³/mol. The number of carbonyl (C=O) groups excluding carboxylic acids is 4. The number of imide groups is 1. The molecule has 0 radical (unpaired) electrons. The molecule has 3 aliphatic heterocycles. The van der Waals surface area contributed by atoms with E-state index < -0.39 is 30.6 Å². The fourth-order valence-corrected chi connectivity index (χ4v) is 5.74. The van der Waals surface area contributed by atoms with Crippen LogP contribution in [0.2, 0.25) is 5.02 Å². The first kappa shape index (κ1) is 25.3. The van der Waals surface area contributed by atoms with Gasteiger partial charge in [-0.2, -0.15) is 18.3 Å². The van der Waals surface area contributed by atoms with Gasteiger partial charge in [-0.3, -0.25) is 24.8 Å². The molecule has 2 fully saturated rings. The van der Waals surface area contributed by atoms with Gasteiger partial charge in [0, 0.05) is 37.5 Å². The van der Waals surface area contributed by atoms with Crippen LogP contribution in [0.25, 0.3) is 10.9 Å². The zero-order chi connectivity index (χ0) is 26.5. The first-order valence-corrected chi connectivity index (χ1v) is 12.2. The number of benzene rings is 1. The minimum absolute atomic E-state index is 0.0189. The molecule has 198 valence electrons. The molecule has 4 heterocycles. The van der Waals surface area contributed by atoms with E-state index in [1.54, 1.807) is 11.0 Å². The van der Waals surface area contributed by atoms with Gasteiger partial charge in [0.25, 0.3) is 0 Å². The van der Waals surface area contributed by atoms with Gasteiger partial charge in [0.15, 0.2) is 0 Å². The number of rotatable bonds is 4. The van der Waals surface area contributed by atoms with Crippen molar-refractivity contribution in [2.24, 2.45) is 5.92 Å². The second-order valence-corrected chi connectivity index (χ2v) is 10.1. The van der Waals surface area contributed by atoms with Crippen LogP contribution in [0.1, 0.15) is 30.4 Å². The minimum atomic E-state index is -4.61. The standard InChI is InChI=1S/C23H24ClF3N6O4/c24-17-6-12-5-13(7-19(35)31-3-1-14(2-4-31)33-10-18(34)29-22(33)37)21(36)32(11-23(25,26)27)9-16(12)15-8-28-30-20(15)17/h6,8,13-14H,1-5,7,9-11H2,(H,28,30)(H,29,34,37)/t13-/m0/s1. The number of hydrogen-bond acceptors (Lipinski definition) is 5. The highest BCUT2D eigenvalue weighted by molar-refractivity contribution is 6.35. The Morgan fingerprint density at radius 1 is 1.16 bits per heavy atom. The van der Waals surface area contributed by atoms with Gasteiger partial charge in [-0.15, -0.1) is 0 Å². The molecule has 2 saturated heterocycles. The van der Waals surface area contributed by atoms with Crippen LogP contribution in [0.4, 0.5) is 18.0 Å². The lowest BCUT2D eigenvalue weighted by Crippen LogP contribution is -2.48. The van der Waals surface area contributed by atoms with E-state index >= 15 is 0 Å². The summed E-state index contributed by atoms with van der Waals surface area (Å²) in [5.41, 5.74) is 1.61. The van der Waals surface area contributed by atoms with Crippen LogP contribution in [0, 0.1) is 5.92 Å². The SMILES string of the molecule is O=C1CN(C2CCN(C(=O)C[C@@H]3Cc4cc(Cl)c5[nH]ncc5c4CN(CC(F)(F)F)C3=O)CC2)C(=O)N1. The summed E-state index contributed by atoms with van der Waals surface area (Å²) in [5.74, 6) is -2.44. The zero-order valence-electron chi connectivity index (χ0n) is 19.6. The van der Waals surface area contributed by atoms with Crippen LogP contribution in [0.5, 0.6) is 0 Å². The summed E-state index contributed by atoms with van der Waals surface area (Å²) in [6.45, 7) is -1.10. The number of fused-ring (bicyclic) bond motifs is 3. The van der Waals surface area contributed by atoms with E-state index in [-0.39, 0.29) is 43.8 Å². The van der Waals surface area contributed by atoms with E-state index in [1.807, 2.05) is 0 Å². The highest BCUT2D eigenvalue weighted by atomic mass is 35.5. The highest BCUT2D eigenvalue weighted by Gasteiger charge is 2.40.